The van der Waals surface area contributed by atoms with Gasteiger partial charge in [0.2, 0.25) is 0 Å². The first-order chi connectivity index (χ1) is 8.71. The topological polar surface area (TPSA) is 32.3 Å². The molecule has 0 heterocycles. The van der Waals surface area contributed by atoms with Gasteiger partial charge in [0.15, 0.2) is 0 Å². The van der Waals surface area contributed by atoms with Crippen LogP contribution >= 0.6 is 0 Å². The van der Waals surface area contributed by atoms with Crippen LogP contribution in [0.4, 0.5) is 4.39 Å². The summed E-state index contributed by atoms with van der Waals surface area (Å²) in [6, 6.07) is 6.44. The molecule has 0 aliphatic heterocycles. The van der Waals surface area contributed by atoms with Crippen molar-refractivity contribution in [2.24, 2.45) is 11.3 Å². The van der Waals surface area contributed by atoms with Crippen molar-refractivity contribution in [1.82, 2.24) is 5.32 Å². The van der Waals surface area contributed by atoms with Crippen LogP contribution in [0.15, 0.2) is 24.3 Å². The van der Waals surface area contributed by atoms with E-state index in [0.717, 1.165) is 12.5 Å². The van der Waals surface area contributed by atoms with E-state index in [1.807, 2.05) is 0 Å². The highest BCUT2D eigenvalue weighted by Gasteiger charge is 2.53. The third-order valence-corrected chi connectivity index (χ3v) is 4.41. The summed E-state index contributed by atoms with van der Waals surface area (Å²) in [6.45, 7) is 1.42. The van der Waals surface area contributed by atoms with Crippen molar-refractivity contribution in [1.29, 1.82) is 0 Å². The molecular formula is C15H20FNO. The fourth-order valence-electron chi connectivity index (χ4n) is 2.90. The van der Waals surface area contributed by atoms with Gasteiger partial charge in [-0.3, -0.25) is 0 Å². The first-order valence-corrected chi connectivity index (χ1v) is 6.84. The number of hydrogen-bond acceptors (Lipinski definition) is 2. The highest BCUT2D eigenvalue weighted by Crippen LogP contribution is 2.60. The largest absolute Gasteiger partial charge is 0.387 e. The van der Waals surface area contributed by atoms with Crippen LogP contribution in [0, 0.1) is 17.2 Å². The number of halogens is 1. The maximum absolute atomic E-state index is 13.5. The monoisotopic (exact) mass is 249 g/mol. The van der Waals surface area contributed by atoms with Gasteiger partial charge in [-0.1, -0.05) is 18.2 Å². The molecule has 18 heavy (non-hydrogen) atoms. The first kappa shape index (κ1) is 12.1. The predicted octanol–water partition coefficient (Wildman–Crippen LogP) is 2.64. The molecule has 1 unspecified atom stereocenters. The molecule has 2 saturated carbocycles. The average Bonchev–Trinajstić information content (AvgIpc) is 3.23. The molecule has 1 aromatic rings. The van der Waals surface area contributed by atoms with Gasteiger partial charge in [0, 0.05) is 18.7 Å². The normalized spacial score (nSPS) is 22.8. The summed E-state index contributed by atoms with van der Waals surface area (Å²) >= 11 is 0. The summed E-state index contributed by atoms with van der Waals surface area (Å²) < 4.78 is 13.5. The second kappa shape index (κ2) is 4.63. The molecule has 98 valence electrons. The Morgan fingerprint density at radius 2 is 2.06 bits per heavy atom. The lowest BCUT2D eigenvalue weighted by Gasteiger charge is -2.18. The summed E-state index contributed by atoms with van der Waals surface area (Å²) in [7, 11) is 0. The van der Waals surface area contributed by atoms with Crippen molar-refractivity contribution in [3.63, 3.8) is 0 Å². The molecule has 3 rings (SSSR count). The Bertz CT molecular complexity index is 426. The predicted molar refractivity (Wildman–Crippen MR) is 68.6 cm³/mol. The van der Waals surface area contributed by atoms with Crippen molar-refractivity contribution in [2.75, 3.05) is 13.1 Å². The molecule has 2 nitrogen and oxygen atoms in total. The molecule has 1 atom stereocenters. The van der Waals surface area contributed by atoms with Gasteiger partial charge in [0.1, 0.15) is 5.82 Å². The molecule has 0 spiro atoms. The zero-order valence-electron chi connectivity index (χ0n) is 10.5. The molecule has 2 aliphatic rings. The van der Waals surface area contributed by atoms with Crippen LogP contribution in [0.2, 0.25) is 0 Å². The Kier molecular flexibility index (Phi) is 3.12. The average molecular weight is 249 g/mol. The number of benzene rings is 1. The summed E-state index contributed by atoms with van der Waals surface area (Å²) in [6.07, 6.45) is 4.64. The fourth-order valence-corrected chi connectivity index (χ4v) is 2.90. The maximum atomic E-state index is 13.5. The van der Waals surface area contributed by atoms with Crippen LogP contribution in [0.3, 0.4) is 0 Å². The number of aliphatic hydroxyl groups is 1. The van der Waals surface area contributed by atoms with Gasteiger partial charge in [0.25, 0.3) is 0 Å². The van der Waals surface area contributed by atoms with Crippen molar-refractivity contribution >= 4 is 0 Å². The lowest BCUT2D eigenvalue weighted by Crippen LogP contribution is -2.29. The van der Waals surface area contributed by atoms with Crippen LogP contribution in [0.5, 0.6) is 0 Å². The number of nitrogens with one attached hydrogen (secondary N) is 1. The van der Waals surface area contributed by atoms with Gasteiger partial charge in [0.05, 0.1) is 6.10 Å². The zero-order valence-corrected chi connectivity index (χ0v) is 10.5. The third-order valence-electron chi connectivity index (χ3n) is 4.41. The second-order valence-electron chi connectivity index (χ2n) is 5.80. The minimum atomic E-state index is -0.749. The van der Waals surface area contributed by atoms with E-state index in [-0.39, 0.29) is 5.82 Å². The van der Waals surface area contributed by atoms with Gasteiger partial charge in [-0.2, -0.15) is 0 Å². The highest BCUT2D eigenvalue weighted by molar-refractivity contribution is 5.20. The van der Waals surface area contributed by atoms with Crippen LogP contribution in [0.1, 0.15) is 37.4 Å². The van der Waals surface area contributed by atoms with Crippen molar-refractivity contribution < 1.29 is 9.50 Å². The number of aliphatic hydroxyl groups excluding tert-OH is 1. The molecule has 2 fully saturated rings. The Hall–Kier alpha value is -0.930. The first-order valence-electron chi connectivity index (χ1n) is 6.84. The molecular weight excluding hydrogens is 229 g/mol. The molecule has 3 heteroatoms. The third kappa shape index (κ3) is 2.43. The molecule has 0 radical (unpaired) electrons. The molecule has 0 saturated heterocycles. The quantitative estimate of drug-likeness (QED) is 0.812. The van der Waals surface area contributed by atoms with E-state index in [2.05, 4.69) is 5.32 Å². The molecule has 2 N–H and O–H groups in total. The van der Waals surface area contributed by atoms with Crippen LogP contribution in [0.25, 0.3) is 0 Å². The van der Waals surface area contributed by atoms with E-state index in [0.29, 0.717) is 17.5 Å². The minimum Gasteiger partial charge on any atom is -0.387 e. The van der Waals surface area contributed by atoms with Crippen LogP contribution in [-0.2, 0) is 0 Å². The van der Waals surface area contributed by atoms with E-state index in [4.69, 9.17) is 0 Å². The van der Waals surface area contributed by atoms with Crippen LogP contribution in [-0.4, -0.2) is 18.2 Å². The Balaban J connectivity index is 1.50. The summed E-state index contributed by atoms with van der Waals surface area (Å²) in [5.41, 5.74) is 0.913. The summed E-state index contributed by atoms with van der Waals surface area (Å²) in [5.74, 6) is 0.589. The lowest BCUT2D eigenvalue weighted by atomic mass is 10.0. The Morgan fingerprint density at radius 3 is 2.67 bits per heavy atom. The Labute approximate surface area is 107 Å². The van der Waals surface area contributed by atoms with Gasteiger partial charge in [-0.05, 0) is 43.1 Å². The molecule has 0 bridgehead atoms. The van der Waals surface area contributed by atoms with Gasteiger partial charge >= 0.3 is 0 Å². The van der Waals surface area contributed by atoms with E-state index in [1.165, 1.54) is 31.7 Å². The van der Waals surface area contributed by atoms with Crippen molar-refractivity contribution in [2.45, 2.75) is 31.8 Å². The SMILES string of the molecule is OC(CNCC1(C2CC2)CC1)c1ccccc1F. The molecule has 0 aromatic heterocycles. The lowest BCUT2D eigenvalue weighted by molar-refractivity contribution is 0.166. The summed E-state index contributed by atoms with van der Waals surface area (Å²) in [4.78, 5) is 0. The van der Waals surface area contributed by atoms with E-state index < -0.39 is 6.10 Å². The van der Waals surface area contributed by atoms with Crippen molar-refractivity contribution in [3.05, 3.63) is 35.6 Å². The van der Waals surface area contributed by atoms with E-state index in [9.17, 15) is 9.50 Å². The van der Waals surface area contributed by atoms with Gasteiger partial charge in [-0.15, -0.1) is 0 Å². The number of rotatable bonds is 6. The summed E-state index contributed by atoms with van der Waals surface area (Å²) in [5, 5.41) is 13.3. The Morgan fingerprint density at radius 1 is 1.33 bits per heavy atom. The van der Waals surface area contributed by atoms with Crippen LogP contribution < -0.4 is 5.32 Å². The smallest absolute Gasteiger partial charge is 0.129 e. The maximum Gasteiger partial charge on any atom is 0.129 e. The van der Waals surface area contributed by atoms with E-state index >= 15 is 0 Å². The van der Waals surface area contributed by atoms with Crippen molar-refractivity contribution in [3.8, 4) is 0 Å². The molecule has 0 amide bonds. The molecule has 2 aliphatic carbocycles. The fraction of sp³-hybridized carbons (Fsp3) is 0.600. The van der Waals surface area contributed by atoms with E-state index in [1.54, 1.807) is 18.2 Å². The molecule has 1 aromatic carbocycles. The number of hydrogen-bond donors (Lipinski definition) is 2. The highest BCUT2D eigenvalue weighted by atomic mass is 19.1. The van der Waals surface area contributed by atoms with Gasteiger partial charge in [-0.25, -0.2) is 4.39 Å². The minimum absolute atomic E-state index is 0.324. The standard InChI is InChI=1S/C15H20FNO/c16-13-4-2-1-3-12(13)14(18)9-17-10-15(7-8-15)11-5-6-11/h1-4,11,14,17-18H,5-10H2. The zero-order chi connectivity index (χ0) is 12.6. The second-order valence-corrected chi connectivity index (χ2v) is 5.80. The van der Waals surface area contributed by atoms with Gasteiger partial charge < -0.3 is 10.4 Å².